The summed E-state index contributed by atoms with van der Waals surface area (Å²) in [5.74, 6) is -0.928. The summed E-state index contributed by atoms with van der Waals surface area (Å²) in [5.41, 5.74) is 1.02. The second-order valence-corrected chi connectivity index (χ2v) is 7.93. The van der Waals surface area contributed by atoms with Crippen LogP contribution < -0.4 is 16.0 Å². The van der Waals surface area contributed by atoms with Crippen molar-refractivity contribution in [3.63, 3.8) is 0 Å². The molecule has 0 fully saturated rings. The molecule has 1 unspecified atom stereocenters. The van der Waals surface area contributed by atoms with Crippen LogP contribution >= 0.6 is 0 Å². The molecule has 0 heterocycles. The van der Waals surface area contributed by atoms with Crippen molar-refractivity contribution >= 4 is 17.9 Å². The van der Waals surface area contributed by atoms with Gasteiger partial charge in [0.2, 0.25) is 5.91 Å². The van der Waals surface area contributed by atoms with Crippen LogP contribution in [0.25, 0.3) is 0 Å². The molecule has 9 heteroatoms. The average molecular weight is 452 g/mol. The quantitative estimate of drug-likeness (QED) is 0.317. The molecule has 4 N–H and O–H groups in total. The largest absolute Gasteiger partial charge is 0.447 e. The molecule has 0 saturated carbocycles. The fraction of sp³-hybridized carbons (Fsp3) is 0.609. The zero-order valence-corrected chi connectivity index (χ0v) is 19.4. The number of amides is 3. The third-order valence-corrected chi connectivity index (χ3v) is 4.75. The van der Waals surface area contributed by atoms with E-state index in [1.807, 2.05) is 44.2 Å². The zero-order chi connectivity index (χ0) is 23.9. The Morgan fingerprint density at radius 3 is 2.31 bits per heavy atom. The van der Waals surface area contributed by atoms with Gasteiger partial charge in [-0.25, -0.2) is 4.79 Å². The smallest absolute Gasteiger partial charge is 0.407 e. The third kappa shape index (κ3) is 10.6. The minimum Gasteiger partial charge on any atom is -0.447 e. The Hall–Kier alpha value is -2.65. The van der Waals surface area contributed by atoms with Gasteiger partial charge in [-0.05, 0) is 37.7 Å². The van der Waals surface area contributed by atoms with Gasteiger partial charge in [-0.2, -0.15) is 0 Å². The molecule has 3 atom stereocenters. The van der Waals surface area contributed by atoms with Crippen LogP contribution in [-0.4, -0.2) is 68.1 Å². The maximum atomic E-state index is 13.0. The van der Waals surface area contributed by atoms with Gasteiger partial charge in [0.05, 0.1) is 12.6 Å². The Balaban J connectivity index is 2.88. The van der Waals surface area contributed by atoms with Gasteiger partial charge in [-0.15, -0.1) is 0 Å². The Kier molecular flexibility index (Phi) is 13.0. The van der Waals surface area contributed by atoms with Crippen LogP contribution in [0, 0.1) is 5.92 Å². The van der Waals surface area contributed by atoms with Crippen molar-refractivity contribution in [3.05, 3.63) is 35.9 Å². The SMILES string of the molecule is CCNC(=O)C(O)[C@H](CCc1ccccc1)NC(=O)[C@H](CC(C)C)NC(=O)OCCOC. The van der Waals surface area contributed by atoms with E-state index in [1.54, 1.807) is 6.92 Å². The summed E-state index contributed by atoms with van der Waals surface area (Å²) >= 11 is 0. The molecule has 180 valence electrons. The lowest BCUT2D eigenvalue weighted by molar-refractivity contribution is -0.132. The number of aliphatic hydroxyl groups excluding tert-OH is 1. The molecular formula is C23H37N3O6. The van der Waals surface area contributed by atoms with Crippen molar-refractivity contribution in [2.24, 2.45) is 5.92 Å². The highest BCUT2D eigenvalue weighted by Gasteiger charge is 2.30. The number of aliphatic hydroxyl groups is 1. The molecule has 9 nitrogen and oxygen atoms in total. The number of rotatable bonds is 14. The first-order valence-electron chi connectivity index (χ1n) is 11.0. The van der Waals surface area contributed by atoms with E-state index >= 15 is 0 Å². The molecule has 1 aromatic rings. The number of methoxy groups -OCH3 is 1. The molecule has 0 aliphatic rings. The van der Waals surface area contributed by atoms with Crippen LogP contribution in [0.5, 0.6) is 0 Å². The van der Waals surface area contributed by atoms with E-state index < -0.39 is 36.1 Å². The van der Waals surface area contributed by atoms with Crippen molar-refractivity contribution in [2.45, 2.75) is 58.2 Å². The third-order valence-electron chi connectivity index (χ3n) is 4.75. The van der Waals surface area contributed by atoms with Crippen molar-refractivity contribution in [2.75, 3.05) is 26.9 Å². The highest BCUT2D eigenvalue weighted by atomic mass is 16.6. The normalized spacial score (nSPS) is 13.7. The minimum absolute atomic E-state index is 0.0634. The van der Waals surface area contributed by atoms with Crippen LogP contribution in [0.15, 0.2) is 30.3 Å². The van der Waals surface area contributed by atoms with Gasteiger partial charge >= 0.3 is 6.09 Å². The number of aryl methyl sites for hydroxylation is 1. The number of carbonyl (C=O) groups excluding carboxylic acids is 3. The Morgan fingerprint density at radius 1 is 1.03 bits per heavy atom. The number of nitrogens with one attached hydrogen (secondary N) is 3. The predicted octanol–water partition coefficient (Wildman–Crippen LogP) is 1.39. The van der Waals surface area contributed by atoms with Crippen LogP contribution in [0.3, 0.4) is 0 Å². The Morgan fingerprint density at radius 2 is 1.72 bits per heavy atom. The van der Waals surface area contributed by atoms with E-state index in [9.17, 15) is 19.5 Å². The minimum atomic E-state index is -1.42. The van der Waals surface area contributed by atoms with Crippen LogP contribution in [0.4, 0.5) is 4.79 Å². The summed E-state index contributed by atoms with van der Waals surface area (Å²) in [5, 5.41) is 18.5. The van der Waals surface area contributed by atoms with Crippen LogP contribution in [-0.2, 0) is 25.5 Å². The molecule has 0 bridgehead atoms. The van der Waals surface area contributed by atoms with Gasteiger partial charge in [0.25, 0.3) is 5.91 Å². The topological polar surface area (TPSA) is 126 Å². The van der Waals surface area contributed by atoms with Gasteiger partial charge in [0.15, 0.2) is 6.10 Å². The second kappa shape index (κ2) is 15.2. The zero-order valence-electron chi connectivity index (χ0n) is 19.4. The van der Waals surface area contributed by atoms with Crippen molar-refractivity contribution in [3.8, 4) is 0 Å². The lowest BCUT2D eigenvalue weighted by Gasteiger charge is -2.27. The van der Waals surface area contributed by atoms with E-state index in [0.29, 0.717) is 25.8 Å². The van der Waals surface area contributed by atoms with Gasteiger partial charge in [0.1, 0.15) is 12.6 Å². The van der Waals surface area contributed by atoms with E-state index in [2.05, 4.69) is 16.0 Å². The second-order valence-electron chi connectivity index (χ2n) is 7.93. The molecule has 0 radical (unpaired) electrons. The molecule has 0 saturated heterocycles. The van der Waals surface area contributed by atoms with Crippen molar-refractivity contribution < 1.29 is 29.0 Å². The lowest BCUT2D eigenvalue weighted by atomic mass is 9.98. The number of hydrogen-bond donors (Lipinski definition) is 4. The van der Waals surface area contributed by atoms with E-state index in [1.165, 1.54) is 7.11 Å². The summed E-state index contributed by atoms with van der Waals surface area (Å²) in [6.07, 6.45) is -0.873. The molecule has 1 rings (SSSR count). The molecule has 0 spiro atoms. The Labute approximate surface area is 190 Å². The summed E-state index contributed by atoms with van der Waals surface area (Å²) in [4.78, 5) is 37.3. The first-order chi connectivity index (χ1) is 15.3. The van der Waals surface area contributed by atoms with Crippen molar-refractivity contribution in [1.82, 2.24) is 16.0 Å². The van der Waals surface area contributed by atoms with Crippen LogP contribution in [0.1, 0.15) is 39.2 Å². The molecule has 0 aromatic heterocycles. The molecule has 0 aliphatic heterocycles. The molecule has 3 amide bonds. The first-order valence-corrected chi connectivity index (χ1v) is 11.0. The number of benzene rings is 1. The monoisotopic (exact) mass is 451 g/mol. The fourth-order valence-electron chi connectivity index (χ4n) is 3.13. The van der Waals surface area contributed by atoms with Gasteiger partial charge in [0, 0.05) is 13.7 Å². The number of ether oxygens (including phenoxy) is 2. The number of carbonyl (C=O) groups is 3. The highest BCUT2D eigenvalue weighted by molar-refractivity contribution is 5.87. The summed E-state index contributed by atoms with van der Waals surface area (Å²) in [7, 11) is 1.49. The summed E-state index contributed by atoms with van der Waals surface area (Å²) in [6, 6.07) is 7.90. The van der Waals surface area contributed by atoms with Gasteiger partial charge < -0.3 is 30.5 Å². The molecule has 0 aliphatic carbocycles. The molecular weight excluding hydrogens is 414 g/mol. The lowest BCUT2D eigenvalue weighted by Crippen LogP contribution is -2.56. The molecule has 1 aromatic carbocycles. The van der Waals surface area contributed by atoms with Crippen LogP contribution in [0.2, 0.25) is 0 Å². The predicted molar refractivity (Wildman–Crippen MR) is 121 cm³/mol. The maximum absolute atomic E-state index is 13.0. The Bertz CT molecular complexity index is 698. The van der Waals surface area contributed by atoms with E-state index in [0.717, 1.165) is 5.56 Å². The number of alkyl carbamates (subject to hydrolysis) is 1. The highest BCUT2D eigenvalue weighted by Crippen LogP contribution is 2.11. The van der Waals surface area contributed by atoms with E-state index in [4.69, 9.17) is 9.47 Å². The maximum Gasteiger partial charge on any atom is 0.407 e. The van der Waals surface area contributed by atoms with Gasteiger partial charge in [-0.1, -0.05) is 44.2 Å². The van der Waals surface area contributed by atoms with Gasteiger partial charge in [-0.3, -0.25) is 9.59 Å². The fourth-order valence-corrected chi connectivity index (χ4v) is 3.13. The summed E-state index contributed by atoms with van der Waals surface area (Å²) in [6.45, 7) is 6.27. The van der Waals surface area contributed by atoms with E-state index in [-0.39, 0.29) is 19.1 Å². The number of likely N-dealkylation sites (N-methyl/N-ethyl adjacent to an activating group) is 1. The standard InChI is InChI=1S/C23H37N3O6/c1-5-24-22(29)20(27)18(12-11-17-9-7-6-8-10-17)25-21(28)19(15-16(2)3)26-23(30)32-14-13-31-4/h6-10,16,18-20,27H,5,11-15H2,1-4H3,(H,24,29)(H,25,28)(H,26,30)/t18-,19-,20?/m0/s1. The first kappa shape index (κ1) is 27.4. The van der Waals surface area contributed by atoms with Crippen molar-refractivity contribution in [1.29, 1.82) is 0 Å². The molecule has 32 heavy (non-hydrogen) atoms. The average Bonchev–Trinajstić information content (AvgIpc) is 2.76. The summed E-state index contributed by atoms with van der Waals surface area (Å²) < 4.78 is 9.85. The number of hydrogen-bond acceptors (Lipinski definition) is 6.